The number of ether oxygens (including phenoxy) is 2. The lowest BCUT2D eigenvalue weighted by Crippen LogP contribution is -2.28. The zero-order valence-electron chi connectivity index (χ0n) is 29.3. The Balaban J connectivity index is 3.59. The molecule has 0 bridgehead atoms. The molecule has 0 aliphatic rings. The Morgan fingerprint density at radius 1 is 0.477 bits per heavy atom. The molecule has 44 heavy (non-hydrogen) atoms. The Hall–Kier alpha value is -1.29. The third-order valence-corrected chi connectivity index (χ3v) is 8.66. The summed E-state index contributed by atoms with van der Waals surface area (Å²) in [6.07, 6.45) is 41.2. The van der Waals surface area contributed by atoms with Crippen molar-refractivity contribution in [1.82, 2.24) is 0 Å². The third-order valence-electron chi connectivity index (χ3n) is 8.22. The van der Waals surface area contributed by atoms with Gasteiger partial charge in [-0.05, 0) is 71.1 Å². The van der Waals surface area contributed by atoms with E-state index in [1.165, 1.54) is 116 Å². The van der Waals surface area contributed by atoms with Crippen molar-refractivity contribution in [2.24, 2.45) is 0 Å². The van der Waals surface area contributed by atoms with E-state index < -0.39 is 11.7 Å². The topological polar surface area (TPSA) is 52.6 Å². The van der Waals surface area contributed by atoms with Crippen molar-refractivity contribution < 1.29 is 19.1 Å². The van der Waals surface area contributed by atoms with Crippen molar-refractivity contribution in [1.29, 1.82) is 0 Å². The van der Waals surface area contributed by atoms with Gasteiger partial charge in [0.25, 0.3) is 0 Å². The number of carbonyl (C=O) groups is 2. The standard InChI is InChI=1S/C39H71ClO4/c1-4-6-8-10-12-14-16-18-20-22-24-26-28-30-32-34-37(41)43-36(3)39(40)44-38(42)35-33-31-29-27-25-23-21-19-17-15-13-11-9-7-5-2/h18-21,36,39H,4-17,22-35H2,1-3H3/b20-18-,21-19-. The lowest BCUT2D eigenvalue weighted by atomic mass is 10.1. The van der Waals surface area contributed by atoms with Gasteiger partial charge in [-0.15, -0.1) is 0 Å². The fraction of sp³-hybridized carbons (Fsp3) is 0.846. The predicted octanol–water partition coefficient (Wildman–Crippen LogP) is 13.1. The molecule has 2 unspecified atom stereocenters. The fourth-order valence-corrected chi connectivity index (χ4v) is 5.43. The van der Waals surface area contributed by atoms with Crippen LogP contribution in [-0.2, 0) is 19.1 Å². The fourth-order valence-electron chi connectivity index (χ4n) is 5.28. The van der Waals surface area contributed by atoms with Crippen LogP contribution in [0, 0.1) is 0 Å². The van der Waals surface area contributed by atoms with Crippen molar-refractivity contribution in [3.8, 4) is 0 Å². The first-order valence-corrected chi connectivity index (χ1v) is 19.3. The van der Waals surface area contributed by atoms with Crippen LogP contribution in [0.3, 0.4) is 0 Å². The molecule has 4 nitrogen and oxygen atoms in total. The van der Waals surface area contributed by atoms with E-state index >= 15 is 0 Å². The Labute approximate surface area is 278 Å². The number of rotatable bonds is 33. The average molecular weight is 639 g/mol. The maximum Gasteiger partial charge on any atom is 0.307 e. The predicted molar refractivity (Wildman–Crippen MR) is 190 cm³/mol. The number of alkyl halides is 1. The largest absolute Gasteiger partial charge is 0.457 e. The molecule has 0 rings (SSSR count). The van der Waals surface area contributed by atoms with E-state index in [0.717, 1.165) is 51.4 Å². The molecule has 0 aliphatic carbocycles. The molecule has 0 spiro atoms. The third kappa shape index (κ3) is 32.1. The molecule has 258 valence electrons. The van der Waals surface area contributed by atoms with Crippen LogP contribution in [-0.4, -0.2) is 23.6 Å². The molecule has 0 amide bonds. The number of unbranched alkanes of at least 4 members (excludes halogenated alkanes) is 22. The van der Waals surface area contributed by atoms with Crippen LogP contribution >= 0.6 is 11.6 Å². The summed E-state index contributed by atoms with van der Waals surface area (Å²) in [4.78, 5) is 24.3. The number of hydrogen-bond acceptors (Lipinski definition) is 4. The molecule has 0 aromatic rings. The second-order valence-electron chi connectivity index (χ2n) is 12.7. The lowest BCUT2D eigenvalue weighted by molar-refractivity contribution is -0.161. The summed E-state index contributed by atoms with van der Waals surface area (Å²) in [6, 6.07) is 0. The number of halogens is 1. The summed E-state index contributed by atoms with van der Waals surface area (Å²) < 4.78 is 10.7. The Morgan fingerprint density at radius 2 is 0.773 bits per heavy atom. The first kappa shape index (κ1) is 42.7. The second-order valence-corrected chi connectivity index (χ2v) is 13.1. The minimum absolute atomic E-state index is 0.269. The molecule has 0 N–H and O–H groups in total. The summed E-state index contributed by atoms with van der Waals surface area (Å²) in [5.74, 6) is -0.586. The van der Waals surface area contributed by atoms with Crippen LogP contribution in [0.25, 0.3) is 0 Å². The van der Waals surface area contributed by atoms with Crippen LogP contribution in [0.4, 0.5) is 0 Å². The van der Waals surface area contributed by atoms with E-state index in [2.05, 4.69) is 38.2 Å². The van der Waals surface area contributed by atoms with Crippen LogP contribution in [0.1, 0.15) is 201 Å². The van der Waals surface area contributed by atoms with Gasteiger partial charge >= 0.3 is 11.9 Å². The summed E-state index contributed by atoms with van der Waals surface area (Å²) in [5.41, 5.74) is -0.941. The normalized spacial score (nSPS) is 13.1. The monoisotopic (exact) mass is 639 g/mol. The zero-order valence-corrected chi connectivity index (χ0v) is 30.0. The van der Waals surface area contributed by atoms with E-state index in [4.69, 9.17) is 21.1 Å². The van der Waals surface area contributed by atoms with Crippen LogP contribution in [0.15, 0.2) is 24.3 Å². The van der Waals surface area contributed by atoms with Crippen molar-refractivity contribution >= 4 is 23.5 Å². The van der Waals surface area contributed by atoms with Crippen LogP contribution in [0.2, 0.25) is 0 Å². The van der Waals surface area contributed by atoms with Gasteiger partial charge in [0, 0.05) is 12.8 Å². The van der Waals surface area contributed by atoms with Gasteiger partial charge in [-0.2, -0.15) is 0 Å². The molecule has 5 heteroatoms. The zero-order chi connectivity index (χ0) is 32.4. The van der Waals surface area contributed by atoms with Gasteiger partial charge in [-0.1, -0.05) is 152 Å². The Morgan fingerprint density at radius 3 is 1.14 bits per heavy atom. The highest BCUT2D eigenvalue weighted by molar-refractivity contribution is 6.20. The van der Waals surface area contributed by atoms with E-state index in [0.29, 0.717) is 12.8 Å². The van der Waals surface area contributed by atoms with Crippen molar-refractivity contribution in [3.63, 3.8) is 0 Å². The van der Waals surface area contributed by atoms with E-state index in [1.54, 1.807) is 6.92 Å². The van der Waals surface area contributed by atoms with Gasteiger partial charge < -0.3 is 9.47 Å². The number of allylic oxidation sites excluding steroid dienone is 4. The molecule has 0 fully saturated rings. The van der Waals surface area contributed by atoms with Gasteiger partial charge in [-0.25, -0.2) is 0 Å². The summed E-state index contributed by atoms with van der Waals surface area (Å²) in [5, 5.41) is 0. The maximum atomic E-state index is 12.2. The molecule has 0 saturated heterocycles. The van der Waals surface area contributed by atoms with Crippen LogP contribution in [0.5, 0.6) is 0 Å². The summed E-state index contributed by atoms with van der Waals surface area (Å²) in [7, 11) is 0. The summed E-state index contributed by atoms with van der Waals surface area (Å²) in [6.45, 7) is 6.21. The van der Waals surface area contributed by atoms with Gasteiger partial charge in [0.2, 0.25) is 5.56 Å². The molecule has 2 atom stereocenters. The first-order valence-electron chi connectivity index (χ1n) is 18.8. The highest BCUT2D eigenvalue weighted by Crippen LogP contribution is 2.15. The van der Waals surface area contributed by atoms with E-state index in [1.807, 2.05) is 0 Å². The second kappa shape index (κ2) is 34.6. The quantitative estimate of drug-likeness (QED) is 0.0310. The molecular formula is C39H71ClO4. The smallest absolute Gasteiger partial charge is 0.307 e. The highest BCUT2D eigenvalue weighted by atomic mass is 35.5. The van der Waals surface area contributed by atoms with Gasteiger partial charge in [-0.3, -0.25) is 9.59 Å². The van der Waals surface area contributed by atoms with Crippen LogP contribution < -0.4 is 0 Å². The Kier molecular flexibility index (Phi) is 33.6. The van der Waals surface area contributed by atoms with Gasteiger partial charge in [0.1, 0.15) is 6.10 Å². The molecule has 0 aromatic carbocycles. The minimum atomic E-state index is -0.941. The van der Waals surface area contributed by atoms with Crippen molar-refractivity contribution in [2.75, 3.05) is 0 Å². The number of hydrogen-bond donors (Lipinski definition) is 0. The summed E-state index contributed by atoms with van der Waals surface area (Å²) >= 11 is 6.21. The van der Waals surface area contributed by atoms with Gasteiger partial charge in [0.05, 0.1) is 0 Å². The SMILES string of the molecule is CCCCCCCC/C=C\CCCCCCCC(=O)OC(C)C(Cl)OC(=O)CCCCCCC/C=C\CCCCCCCC. The lowest BCUT2D eigenvalue weighted by Gasteiger charge is -2.19. The minimum Gasteiger partial charge on any atom is -0.457 e. The van der Waals surface area contributed by atoms with Crippen molar-refractivity contribution in [2.45, 2.75) is 212 Å². The van der Waals surface area contributed by atoms with Crippen molar-refractivity contribution in [3.05, 3.63) is 24.3 Å². The molecule has 0 heterocycles. The van der Waals surface area contributed by atoms with E-state index in [9.17, 15) is 9.59 Å². The number of carbonyl (C=O) groups excluding carboxylic acids is 2. The number of esters is 2. The molecule has 0 aliphatic heterocycles. The molecule has 0 radical (unpaired) electrons. The highest BCUT2D eigenvalue weighted by Gasteiger charge is 2.22. The molecular weight excluding hydrogens is 568 g/mol. The molecule has 0 aromatic heterocycles. The average Bonchev–Trinajstić information content (AvgIpc) is 3.00. The maximum absolute atomic E-state index is 12.2. The first-order chi connectivity index (χ1) is 21.5. The van der Waals surface area contributed by atoms with Gasteiger partial charge in [0.15, 0.2) is 0 Å². The Bertz CT molecular complexity index is 632. The van der Waals surface area contributed by atoms with E-state index in [-0.39, 0.29) is 11.9 Å². The molecule has 0 saturated carbocycles.